The zero-order valence-corrected chi connectivity index (χ0v) is 18.6. The highest BCUT2D eigenvalue weighted by Crippen LogP contribution is 2.32. The molecule has 2 saturated heterocycles. The Morgan fingerprint density at radius 2 is 1.62 bits per heavy atom. The van der Waals surface area contributed by atoms with Gasteiger partial charge in [-0.05, 0) is 6.07 Å². The Bertz CT molecular complexity index is 975. The number of nitrogens with one attached hydrogen (secondary N) is 1. The van der Waals surface area contributed by atoms with E-state index in [1.807, 2.05) is 9.80 Å². The Morgan fingerprint density at radius 3 is 2.16 bits per heavy atom. The summed E-state index contributed by atoms with van der Waals surface area (Å²) in [4.78, 5) is 28.0. The van der Waals surface area contributed by atoms with Gasteiger partial charge in [-0.3, -0.25) is 10.1 Å². The molecule has 0 spiro atoms. The van der Waals surface area contributed by atoms with Gasteiger partial charge in [-0.2, -0.15) is 20.1 Å². The molecular weight excluding hydrogens is 488 g/mol. The fraction of sp³-hybridized carbons (Fsp3) is 0.444. The highest BCUT2D eigenvalue weighted by atomic mass is 79.9. The highest BCUT2D eigenvalue weighted by molar-refractivity contribution is 9.10. The molecule has 3 heterocycles. The summed E-state index contributed by atoms with van der Waals surface area (Å²) in [5.74, 6) is 0.734. The monoisotopic (exact) mass is 508 g/mol. The zero-order chi connectivity index (χ0) is 22.5. The fourth-order valence-corrected chi connectivity index (χ4v) is 3.68. The molecule has 13 nitrogen and oxygen atoms in total. The number of hydrogen-bond donors (Lipinski definition) is 2. The van der Waals surface area contributed by atoms with Crippen LogP contribution in [0.1, 0.15) is 5.56 Å². The molecule has 2 aromatic rings. The van der Waals surface area contributed by atoms with Crippen LogP contribution in [0.2, 0.25) is 0 Å². The van der Waals surface area contributed by atoms with Crippen LogP contribution in [0.3, 0.4) is 0 Å². The molecule has 0 atom stereocenters. The van der Waals surface area contributed by atoms with E-state index in [-0.39, 0.29) is 11.5 Å². The molecule has 2 aliphatic heterocycles. The zero-order valence-electron chi connectivity index (χ0n) is 17.0. The lowest BCUT2D eigenvalue weighted by atomic mass is 10.2. The van der Waals surface area contributed by atoms with Crippen LogP contribution < -0.4 is 15.2 Å². The lowest BCUT2D eigenvalue weighted by molar-refractivity contribution is -0.385. The standard InChI is InChI=1S/C18H21BrN8O5/c19-13-9-12(15(28)14(10-13)27(29)30)11-20-24-16-21-17(25-1-5-31-6-2-25)23-18(22-16)26-3-7-32-8-4-26/h9-11,28H,1-8H2,(H,21,22,23,24)/b20-11-. The van der Waals surface area contributed by atoms with Crippen LogP contribution in [-0.4, -0.2) is 83.8 Å². The average molecular weight is 509 g/mol. The van der Waals surface area contributed by atoms with Gasteiger partial charge in [-0.1, -0.05) is 15.9 Å². The van der Waals surface area contributed by atoms with Crippen molar-refractivity contribution < 1.29 is 19.5 Å². The first kappa shape index (κ1) is 22.1. The van der Waals surface area contributed by atoms with Crippen molar-refractivity contribution in [3.8, 4) is 5.75 Å². The Kier molecular flexibility index (Phi) is 6.92. The summed E-state index contributed by atoms with van der Waals surface area (Å²) >= 11 is 3.20. The molecule has 1 aromatic carbocycles. The number of anilines is 3. The molecule has 0 bridgehead atoms. The summed E-state index contributed by atoms with van der Waals surface area (Å²) in [6, 6.07) is 2.73. The number of phenolic OH excluding ortho intramolecular Hbond substituents is 1. The Labute approximate surface area is 191 Å². The van der Waals surface area contributed by atoms with Crippen molar-refractivity contribution in [2.24, 2.45) is 5.10 Å². The smallest absolute Gasteiger partial charge is 0.312 e. The molecule has 0 aliphatic carbocycles. The number of hydrazone groups is 1. The van der Waals surface area contributed by atoms with Gasteiger partial charge in [0.15, 0.2) is 0 Å². The number of nitro benzene ring substituents is 1. The highest BCUT2D eigenvalue weighted by Gasteiger charge is 2.21. The van der Waals surface area contributed by atoms with Crippen LogP contribution >= 0.6 is 15.9 Å². The number of benzene rings is 1. The third-order valence-corrected chi connectivity index (χ3v) is 5.31. The second kappa shape index (κ2) is 10.0. The van der Waals surface area contributed by atoms with E-state index in [1.54, 1.807) is 0 Å². The predicted octanol–water partition coefficient (Wildman–Crippen LogP) is 1.37. The van der Waals surface area contributed by atoms with Gasteiger partial charge in [-0.15, -0.1) is 0 Å². The molecule has 2 N–H and O–H groups in total. The Balaban J connectivity index is 1.59. The molecule has 1 aromatic heterocycles. The van der Waals surface area contributed by atoms with E-state index >= 15 is 0 Å². The molecule has 170 valence electrons. The number of nitro groups is 1. The Hall–Kier alpha value is -3.10. The minimum absolute atomic E-state index is 0.162. The summed E-state index contributed by atoms with van der Waals surface area (Å²) in [7, 11) is 0. The van der Waals surface area contributed by atoms with E-state index in [9.17, 15) is 15.2 Å². The molecule has 14 heteroatoms. The van der Waals surface area contributed by atoms with Gasteiger partial charge >= 0.3 is 5.69 Å². The van der Waals surface area contributed by atoms with E-state index in [2.05, 4.69) is 41.4 Å². The minimum Gasteiger partial charge on any atom is -0.502 e. The number of aromatic nitrogens is 3. The van der Waals surface area contributed by atoms with Crippen molar-refractivity contribution >= 4 is 45.7 Å². The summed E-state index contributed by atoms with van der Waals surface area (Å²) in [5, 5.41) is 25.3. The lowest BCUT2D eigenvalue weighted by Gasteiger charge is -2.30. The summed E-state index contributed by atoms with van der Waals surface area (Å²) in [6.45, 7) is 4.97. The molecule has 2 fully saturated rings. The van der Waals surface area contributed by atoms with Crippen LogP contribution in [0.25, 0.3) is 0 Å². The third-order valence-electron chi connectivity index (χ3n) is 4.85. The van der Waals surface area contributed by atoms with Gasteiger partial charge in [0.2, 0.25) is 23.6 Å². The van der Waals surface area contributed by atoms with Gasteiger partial charge in [0.1, 0.15) is 0 Å². The molecule has 0 saturated carbocycles. The van der Waals surface area contributed by atoms with Crippen LogP contribution in [-0.2, 0) is 9.47 Å². The van der Waals surface area contributed by atoms with Crippen molar-refractivity contribution in [1.82, 2.24) is 15.0 Å². The van der Waals surface area contributed by atoms with E-state index in [0.29, 0.717) is 69.0 Å². The Morgan fingerprint density at radius 1 is 1.06 bits per heavy atom. The molecule has 2 aliphatic rings. The van der Waals surface area contributed by atoms with Crippen molar-refractivity contribution in [3.05, 3.63) is 32.3 Å². The van der Waals surface area contributed by atoms with Crippen LogP contribution in [0.4, 0.5) is 23.5 Å². The second-order valence-electron chi connectivity index (χ2n) is 6.95. The van der Waals surface area contributed by atoms with Gasteiger partial charge in [0.25, 0.3) is 0 Å². The predicted molar refractivity (Wildman–Crippen MR) is 120 cm³/mol. The van der Waals surface area contributed by atoms with Crippen molar-refractivity contribution in [3.63, 3.8) is 0 Å². The summed E-state index contributed by atoms with van der Waals surface area (Å²) in [5.41, 5.74) is 2.48. The van der Waals surface area contributed by atoms with E-state index in [0.717, 1.165) is 0 Å². The first-order chi connectivity index (χ1) is 15.5. The molecule has 0 unspecified atom stereocenters. The molecule has 0 radical (unpaired) electrons. The average Bonchev–Trinajstić information content (AvgIpc) is 2.82. The first-order valence-corrected chi connectivity index (χ1v) is 10.7. The minimum atomic E-state index is -0.667. The van der Waals surface area contributed by atoms with E-state index in [4.69, 9.17) is 9.47 Å². The maximum absolute atomic E-state index is 11.1. The molecule has 4 rings (SSSR count). The number of halogens is 1. The van der Waals surface area contributed by atoms with Gasteiger partial charge < -0.3 is 24.4 Å². The number of hydrogen-bond acceptors (Lipinski definition) is 12. The van der Waals surface area contributed by atoms with E-state index in [1.165, 1.54) is 18.3 Å². The third kappa shape index (κ3) is 5.20. The van der Waals surface area contributed by atoms with Gasteiger partial charge in [0, 0.05) is 42.3 Å². The normalized spacial score (nSPS) is 17.0. The van der Waals surface area contributed by atoms with Crippen LogP contribution in [0.15, 0.2) is 21.7 Å². The number of morpholine rings is 2. The maximum atomic E-state index is 11.1. The fourth-order valence-electron chi connectivity index (χ4n) is 3.22. The van der Waals surface area contributed by atoms with Gasteiger partial charge in [-0.25, -0.2) is 5.43 Å². The number of ether oxygens (including phenoxy) is 2. The van der Waals surface area contributed by atoms with Crippen LogP contribution in [0.5, 0.6) is 5.75 Å². The van der Waals surface area contributed by atoms with Crippen molar-refractivity contribution in [1.29, 1.82) is 0 Å². The SMILES string of the molecule is O=[N+]([O-])c1cc(Br)cc(/C=N\Nc2nc(N3CCOCC3)nc(N3CCOCC3)n2)c1O. The van der Waals surface area contributed by atoms with Crippen LogP contribution in [0, 0.1) is 10.1 Å². The first-order valence-electron chi connectivity index (χ1n) is 9.88. The molecule has 0 amide bonds. The number of nitrogens with zero attached hydrogens (tertiary/aromatic N) is 7. The van der Waals surface area contributed by atoms with Crippen molar-refractivity contribution in [2.75, 3.05) is 67.8 Å². The summed E-state index contributed by atoms with van der Waals surface area (Å²) < 4.78 is 11.2. The lowest BCUT2D eigenvalue weighted by Crippen LogP contribution is -2.40. The largest absolute Gasteiger partial charge is 0.502 e. The number of phenols is 1. The maximum Gasteiger partial charge on any atom is 0.312 e. The quantitative estimate of drug-likeness (QED) is 0.330. The molecular formula is C18H21BrN8O5. The van der Waals surface area contributed by atoms with Gasteiger partial charge in [0.05, 0.1) is 37.6 Å². The second-order valence-corrected chi connectivity index (χ2v) is 7.86. The van der Waals surface area contributed by atoms with Crippen molar-refractivity contribution in [2.45, 2.75) is 0 Å². The number of rotatable bonds is 6. The molecule has 32 heavy (non-hydrogen) atoms. The number of aromatic hydroxyl groups is 1. The topological polar surface area (TPSA) is 151 Å². The summed E-state index contributed by atoms with van der Waals surface area (Å²) in [6.07, 6.45) is 1.26. The van der Waals surface area contributed by atoms with E-state index < -0.39 is 16.4 Å².